The molecule has 7 nitrogen and oxygen atoms in total. The number of esters is 2. The third-order valence-electron chi connectivity index (χ3n) is 4.85. The van der Waals surface area contributed by atoms with Crippen LogP contribution in [-0.2, 0) is 16.0 Å². The van der Waals surface area contributed by atoms with Crippen LogP contribution in [0.1, 0.15) is 39.6 Å². The Kier molecular flexibility index (Phi) is 12.0. The van der Waals surface area contributed by atoms with E-state index in [9.17, 15) is 14.4 Å². The molecule has 0 unspecified atom stereocenters. The van der Waals surface area contributed by atoms with Gasteiger partial charge in [-0.1, -0.05) is 25.6 Å². The molecule has 0 aliphatic rings. The number of hydrogen-bond acceptors (Lipinski definition) is 7. The van der Waals surface area contributed by atoms with E-state index in [4.69, 9.17) is 18.9 Å². The number of rotatable bonds is 11. The standard InChI is InChI=1S/C16H16O3.C13H14O4/c1-3-12-4-8-15(9-5-12)19-16(17)13-6-10-14(18-2)11-7-13;1-2-13(15)17-9-3-8-16-12-6-4-11(10-14)5-7-12/h4-11H,3H2,1-2H3;2,4-7,10H,1,3,8-9H2. The smallest absolute Gasteiger partial charge is 0.343 e. The molecule has 0 saturated carbocycles. The first-order valence-electron chi connectivity index (χ1n) is 11.4. The summed E-state index contributed by atoms with van der Waals surface area (Å²) < 4.78 is 20.5. The lowest BCUT2D eigenvalue weighted by Gasteiger charge is -2.06. The minimum Gasteiger partial charge on any atom is -0.497 e. The lowest BCUT2D eigenvalue weighted by Crippen LogP contribution is -2.08. The first-order chi connectivity index (χ1) is 17.5. The van der Waals surface area contributed by atoms with Crippen LogP contribution in [0.2, 0.25) is 0 Å². The number of carbonyl (C=O) groups is 3. The van der Waals surface area contributed by atoms with Crippen molar-refractivity contribution in [3.8, 4) is 17.2 Å². The molecule has 0 radical (unpaired) electrons. The van der Waals surface area contributed by atoms with Crippen LogP contribution in [0.3, 0.4) is 0 Å². The van der Waals surface area contributed by atoms with E-state index in [1.165, 1.54) is 5.56 Å². The van der Waals surface area contributed by atoms with Crippen LogP contribution in [-0.4, -0.2) is 38.5 Å². The molecule has 0 amide bonds. The Morgan fingerprint density at radius 1 is 0.833 bits per heavy atom. The molecule has 0 fully saturated rings. The van der Waals surface area contributed by atoms with E-state index in [1.54, 1.807) is 67.8 Å². The van der Waals surface area contributed by atoms with Crippen molar-refractivity contribution < 1.29 is 33.3 Å². The van der Waals surface area contributed by atoms with Crippen molar-refractivity contribution in [2.24, 2.45) is 0 Å². The van der Waals surface area contributed by atoms with Gasteiger partial charge in [0, 0.05) is 18.1 Å². The number of benzene rings is 3. The first-order valence-corrected chi connectivity index (χ1v) is 11.4. The Bertz CT molecular complexity index is 1100. The Morgan fingerprint density at radius 2 is 1.44 bits per heavy atom. The molecule has 0 aliphatic heterocycles. The normalized spacial score (nSPS) is 9.72. The summed E-state index contributed by atoms with van der Waals surface area (Å²) in [6.45, 7) is 6.12. The maximum absolute atomic E-state index is 11.9. The van der Waals surface area contributed by atoms with Crippen LogP contribution < -0.4 is 14.2 Å². The molecule has 0 aromatic heterocycles. The Morgan fingerprint density at radius 3 is 2.00 bits per heavy atom. The van der Waals surface area contributed by atoms with Gasteiger partial charge in [-0.3, -0.25) is 4.79 Å². The summed E-state index contributed by atoms with van der Waals surface area (Å²) in [6, 6.07) is 21.2. The maximum atomic E-state index is 11.9. The molecular formula is C29H30O7. The maximum Gasteiger partial charge on any atom is 0.343 e. The number of hydrogen-bond donors (Lipinski definition) is 0. The van der Waals surface area contributed by atoms with Crippen LogP contribution in [0.4, 0.5) is 0 Å². The molecule has 0 saturated heterocycles. The average Bonchev–Trinajstić information content (AvgIpc) is 2.93. The fourth-order valence-corrected chi connectivity index (χ4v) is 2.81. The zero-order chi connectivity index (χ0) is 26.2. The summed E-state index contributed by atoms with van der Waals surface area (Å²) >= 11 is 0. The van der Waals surface area contributed by atoms with Crippen LogP contribution in [0.5, 0.6) is 17.2 Å². The summed E-state index contributed by atoms with van der Waals surface area (Å²) in [5.41, 5.74) is 2.32. The SMILES string of the molecule is C=CC(=O)OCCCOc1ccc(C=O)cc1.CCc1ccc(OC(=O)c2ccc(OC)cc2)cc1. The average molecular weight is 491 g/mol. The van der Waals surface area contributed by atoms with Gasteiger partial charge in [0.2, 0.25) is 0 Å². The molecule has 0 heterocycles. The van der Waals surface area contributed by atoms with Crippen molar-refractivity contribution in [1.82, 2.24) is 0 Å². The molecule has 188 valence electrons. The van der Waals surface area contributed by atoms with Gasteiger partial charge in [0.15, 0.2) is 0 Å². The first kappa shape index (κ1) is 27.9. The van der Waals surface area contributed by atoms with Crippen molar-refractivity contribution in [3.63, 3.8) is 0 Å². The molecule has 36 heavy (non-hydrogen) atoms. The molecular weight excluding hydrogens is 460 g/mol. The van der Waals surface area contributed by atoms with Gasteiger partial charge in [-0.25, -0.2) is 9.59 Å². The van der Waals surface area contributed by atoms with Crippen LogP contribution in [0, 0.1) is 0 Å². The number of carbonyl (C=O) groups excluding carboxylic acids is 3. The summed E-state index contributed by atoms with van der Waals surface area (Å²) in [6.07, 6.45) is 3.47. The van der Waals surface area contributed by atoms with E-state index < -0.39 is 5.97 Å². The predicted octanol–water partition coefficient (Wildman–Crippen LogP) is 5.47. The van der Waals surface area contributed by atoms with Crippen molar-refractivity contribution >= 4 is 18.2 Å². The molecule has 3 rings (SSSR count). The van der Waals surface area contributed by atoms with E-state index in [0.717, 1.165) is 18.8 Å². The second-order valence-electron chi connectivity index (χ2n) is 7.38. The molecule has 0 N–H and O–H groups in total. The third-order valence-corrected chi connectivity index (χ3v) is 4.85. The van der Waals surface area contributed by atoms with E-state index in [-0.39, 0.29) is 5.97 Å². The second-order valence-corrected chi connectivity index (χ2v) is 7.38. The van der Waals surface area contributed by atoms with E-state index in [0.29, 0.717) is 48.0 Å². The van der Waals surface area contributed by atoms with Crippen molar-refractivity contribution in [2.75, 3.05) is 20.3 Å². The highest BCUT2D eigenvalue weighted by Crippen LogP contribution is 2.16. The van der Waals surface area contributed by atoms with Gasteiger partial charge in [0.05, 0.1) is 25.9 Å². The lowest BCUT2D eigenvalue weighted by molar-refractivity contribution is -0.137. The molecule has 3 aromatic rings. The minimum atomic E-state index is -0.430. The topological polar surface area (TPSA) is 88.1 Å². The summed E-state index contributed by atoms with van der Waals surface area (Å²) in [5, 5.41) is 0. The van der Waals surface area contributed by atoms with E-state index >= 15 is 0 Å². The highest BCUT2D eigenvalue weighted by Gasteiger charge is 2.08. The number of aryl methyl sites for hydroxylation is 1. The Hall–Kier alpha value is -4.39. The zero-order valence-corrected chi connectivity index (χ0v) is 20.5. The highest BCUT2D eigenvalue weighted by molar-refractivity contribution is 5.91. The molecule has 0 atom stereocenters. The van der Waals surface area contributed by atoms with Gasteiger partial charge in [0.25, 0.3) is 0 Å². The summed E-state index contributed by atoms with van der Waals surface area (Å²) in [7, 11) is 1.59. The highest BCUT2D eigenvalue weighted by atomic mass is 16.5. The van der Waals surface area contributed by atoms with Crippen molar-refractivity contribution in [3.05, 3.63) is 102 Å². The quantitative estimate of drug-likeness (QED) is 0.116. The van der Waals surface area contributed by atoms with Gasteiger partial charge >= 0.3 is 11.9 Å². The fraction of sp³-hybridized carbons (Fsp3) is 0.207. The number of ether oxygens (including phenoxy) is 4. The molecule has 7 heteroatoms. The van der Waals surface area contributed by atoms with Crippen LogP contribution >= 0.6 is 0 Å². The van der Waals surface area contributed by atoms with Crippen LogP contribution in [0.25, 0.3) is 0 Å². The fourth-order valence-electron chi connectivity index (χ4n) is 2.81. The lowest BCUT2D eigenvalue weighted by atomic mass is 10.2. The zero-order valence-electron chi connectivity index (χ0n) is 20.5. The second kappa shape index (κ2) is 15.5. The monoisotopic (exact) mass is 490 g/mol. The Balaban J connectivity index is 0.000000255. The van der Waals surface area contributed by atoms with E-state index in [1.807, 2.05) is 12.1 Å². The van der Waals surface area contributed by atoms with Gasteiger partial charge in [-0.2, -0.15) is 0 Å². The van der Waals surface area contributed by atoms with Gasteiger partial charge in [0.1, 0.15) is 23.5 Å². The third kappa shape index (κ3) is 9.85. The summed E-state index contributed by atoms with van der Waals surface area (Å²) in [4.78, 5) is 33.0. The van der Waals surface area contributed by atoms with Crippen molar-refractivity contribution in [2.45, 2.75) is 19.8 Å². The van der Waals surface area contributed by atoms with Gasteiger partial charge in [-0.05, 0) is 72.6 Å². The number of aldehydes is 1. The Labute approximate surface area is 211 Å². The van der Waals surface area contributed by atoms with Gasteiger partial charge < -0.3 is 18.9 Å². The number of methoxy groups -OCH3 is 1. The molecule has 0 bridgehead atoms. The summed E-state index contributed by atoms with van der Waals surface area (Å²) in [5.74, 6) is 1.15. The molecule has 3 aromatic carbocycles. The molecule has 0 aliphatic carbocycles. The van der Waals surface area contributed by atoms with Crippen molar-refractivity contribution in [1.29, 1.82) is 0 Å². The van der Waals surface area contributed by atoms with Gasteiger partial charge in [-0.15, -0.1) is 0 Å². The van der Waals surface area contributed by atoms with Crippen LogP contribution in [0.15, 0.2) is 85.5 Å². The largest absolute Gasteiger partial charge is 0.497 e. The predicted molar refractivity (Wildman–Crippen MR) is 137 cm³/mol. The minimum absolute atomic E-state index is 0.303. The molecule has 0 spiro atoms. The van der Waals surface area contributed by atoms with E-state index in [2.05, 4.69) is 13.5 Å².